The van der Waals surface area contributed by atoms with Crippen LogP contribution in [0.15, 0.2) is 61.2 Å². The Hall–Kier alpha value is -4.09. The fourth-order valence-corrected chi connectivity index (χ4v) is 2.92. The van der Waals surface area contributed by atoms with Crippen LogP contribution in [0.2, 0.25) is 0 Å². The molecule has 4 rings (SSSR count). The standard InChI is InChI=1S/C22H19N7O/c1-15-20(14-29(28-15)21-4-2-3-9-25-21)30-19-10-16(11-24)5-6-18(19)22-26-12-17(7-8-23)13-27-22/h2-6,9-10,12-14H,7-8,23H2,1H3. The largest absolute Gasteiger partial charge is 0.453 e. The lowest BCUT2D eigenvalue weighted by Gasteiger charge is -2.10. The molecule has 2 N–H and O–H groups in total. The van der Waals surface area contributed by atoms with E-state index in [0.29, 0.717) is 52.9 Å². The second-order valence-corrected chi connectivity index (χ2v) is 6.59. The maximum Gasteiger partial charge on any atom is 0.168 e. The lowest BCUT2D eigenvalue weighted by Crippen LogP contribution is -2.04. The summed E-state index contributed by atoms with van der Waals surface area (Å²) in [6, 6.07) is 12.9. The number of ether oxygens (including phenoxy) is 1. The molecule has 0 unspecified atom stereocenters. The van der Waals surface area contributed by atoms with Crippen molar-refractivity contribution in [1.82, 2.24) is 24.7 Å². The number of nitriles is 1. The van der Waals surface area contributed by atoms with Gasteiger partial charge in [0.2, 0.25) is 0 Å². The van der Waals surface area contributed by atoms with Crippen molar-refractivity contribution in [3.8, 4) is 34.8 Å². The number of pyridine rings is 1. The number of rotatable bonds is 6. The molecule has 4 aromatic rings. The third-order valence-corrected chi connectivity index (χ3v) is 4.45. The molecule has 0 atom stereocenters. The Kier molecular flexibility index (Phi) is 5.46. The van der Waals surface area contributed by atoms with E-state index >= 15 is 0 Å². The Balaban J connectivity index is 1.70. The summed E-state index contributed by atoms with van der Waals surface area (Å²) >= 11 is 0. The van der Waals surface area contributed by atoms with E-state index in [-0.39, 0.29) is 0 Å². The topological polar surface area (TPSA) is 116 Å². The number of aromatic nitrogens is 5. The molecule has 3 aromatic heterocycles. The summed E-state index contributed by atoms with van der Waals surface area (Å²) in [6.07, 6.45) is 7.67. The number of hydrogen-bond acceptors (Lipinski definition) is 7. The molecule has 0 saturated carbocycles. The molecule has 0 spiro atoms. The molecule has 3 heterocycles. The molecular weight excluding hydrogens is 378 g/mol. The monoisotopic (exact) mass is 397 g/mol. The van der Waals surface area contributed by atoms with Crippen LogP contribution in [0.1, 0.15) is 16.8 Å². The van der Waals surface area contributed by atoms with Crippen LogP contribution in [0.4, 0.5) is 0 Å². The van der Waals surface area contributed by atoms with Crippen molar-refractivity contribution in [2.75, 3.05) is 6.54 Å². The Morgan fingerprint density at radius 1 is 1.10 bits per heavy atom. The first kappa shape index (κ1) is 19.2. The van der Waals surface area contributed by atoms with Gasteiger partial charge in [0.25, 0.3) is 0 Å². The van der Waals surface area contributed by atoms with Gasteiger partial charge in [0.05, 0.1) is 23.4 Å². The van der Waals surface area contributed by atoms with Crippen LogP contribution in [0.3, 0.4) is 0 Å². The Labute approximate surface area is 173 Å². The maximum atomic E-state index is 9.32. The van der Waals surface area contributed by atoms with Gasteiger partial charge in [-0.2, -0.15) is 10.4 Å². The van der Waals surface area contributed by atoms with Crippen molar-refractivity contribution < 1.29 is 4.74 Å². The molecular formula is C22H19N7O. The van der Waals surface area contributed by atoms with E-state index in [1.54, 1.807) is 47.7 Å². The van der Waals surface area contributed by atoms with Crippen molar-refractivity contribution in [2.45, 2.75) is 13.3 Å². The summed E-state index contributed by atoms with van der Waals surface area (Å²) in [5.74, 6) is 2.21. The molecule has 1 aromatic carbocycles. The predicted octanol–water partition coefficient (Wildman–Crippen LogP) is 3.20. The number of aryl methyl sites for hydroxylation is 1. The first-order valence-electron chi connectivity index (χ1n) is 9.39. The molecule has 0 radical (unpaired) electrons. The maximum absolute atomic E-state index is 9.32. The molecule has 30 heavy (non-hydrogen) atoms. The Morgan fingerprint density at radius 2 is 1.93 bits per heavy atom. The molecule has 0 aliphatic carbocycles. The van der Waals surface area contributed by atoms with Gasteiger partial charge < -0.3 is 10.5 Å². The third-order valence-electron chi connectivity index (χ3n) is 4.45. The van der Waals surface area contributed by atoms with Gasteiger partial charge in [-0.1, -0.05) is 6.07 Å². The molecule has 0 bridgehead atoms. The van der Waals surface area contributed by atoms with Gasteiger partial charge in [-0.05, 0) is 55.8 Å². The van der Waals surface area contributed by atoms with Gasteiger partial charge in [-0.25, -0.2) is 19.6 Å². The summed E-state index contributed by atoms with van der Waals surface area (Å²) in [5.41, 5.74) is 8.40. The summed E-state index contributed by atoms with van der Waals surface area (Å²) in [4.78, 5) is 13.2. The summed E-state index contributed by atoms with van der Waals surface area (Å²) < 4.78 is 7.80. The highest BCUT2D eigenvalue weighted by molar-refractivity contribution is 5.66. The summed E-state index contributed by atoms with van der Waals surface area (Å²) in [6.45, 7) is 2.38. The van der Waals surface area contributed by atoms with E-state index in [1.165, 1.54) is 0 Å². The zero-order valence-corrected chi connectivity index (χ0v) is 16.4. The van der Waals surface area contributed by atoms with Crippen LogP contribution in [-0.2, 0) is 6.42 Å². The Morgan fingerprint density at radius 3 is 2.63 bits per heavy atom. The van der Waals surface area contributed by atoms with E-state index in [1.807, 2.05) is 25.1 Å². The number of nitrogens with two attached hydrogens (primary N) is 1. The normalized spacial score (nSPS) is 10.6. The van der Waals surface area contributed by atoms with Crippen LogP contribution in [0.25, 0.3) is 17.2 Å². The summed E-state index contributed by atoms with van der Waals surface area (Å²) in [7, 11) is 0. The van der Waals surface area contributed by atoms with E-state index in [0.717, 1.165) is 5.56 Å². The third kappa shape index (κ3) is 4.01. The number of hydrogen-bond donors (Lipinski definition) is 1. The SMILES string of the molecule is Cc1nn(-c2ccccn2)cc1Oc1cc(C#N)ccc1-c1ncc(CCN)cn1. The van der Waals surface area contributed by atoms with E-state index in [4.69, 9.17) is 10.5 Å². The first-order chi connectivity index (χ1) is 14.7. The van der Waals surface area contributed by atoms with Gasteiger partial charge in [0.15, 0.2) is 17.4 Å². The van der Waals surface area contributed by atoms with Gasteiger partial charge in [-0.3, -0.25) is 0 Å². The van der Waals surface area contributed by atoms with E-state index in [9.17, 15) is 5.26 Å². The number of nitrogens with zero attached hydrogens (tertiary/aromatic N) is 6. The van der Waals surface area contributed by atoms with Crippen LogP contribution in [0, 0.1) is 18.3 Å². The molecule has 0 fully saturated rings. The average molecular weight is 397 g/mol. The minimum atomic E-state index is 0.475. The van der Waals surface area contributed by atoms with E-state index in [2.05, 4.69) is 26.1 Å². The highest BCUT2D eigenvalue weighted by Crippen LogP contribution is 2.34. The average Bonchev–Trinajstić information content (AvgIpc) is 3.15. The van der Waals surface area contributed by atoms with Gasteiger partial charge in [0, 0.05) is 18.6 Å². The second-order valence-electron chi connectivity index (χ2n) is 6.59. The molecule has 8 nitrogen and oxygen atoms in total. The summed E-state index contributed by atoms with van der Waals surface area (Å²) in [5, 5.41) is 13.8. The van der Waals surface area contributed by atoms with Crippen LogP contribution >= 0.6 is 0 Å². The lowest BCUT2D eigenvalue weighted by atomic mass is 10.1. The quantitative estimate of drug-likeness (QED) is 0.531. The van der Waals surface area contributed by atoms with Gasteiger partial charge in [0.1, 0.15) is 11.4 Å². The van der Waals surface area contributed by atoms with Crippen LogP contribution in [0.5, 0.6) is 11.5 Å². The van der Waals surface area contributed by atoms with Crippen molar-refractivity contribution >= 4 is 0 Å². The molecule has 0 amide bonds. The minimum absolute atomic E-state index is 0.475. The fourth-order valence-electron chi connectivity index (χ4n) is 2.92. The zero-order valence-electron chi connectivity index (χ0n) is 16.4. The van der Waals surface area contributed by atoms with Gasteiger partial charge >= 0.3 is 0 Å². The van der Waals surface area contributed by atoms with E-state index < -0.39 is 0 Å². The van der Waals surface area contributed by atoms with Crippen molar-refractivity contribution in [1.29, 1.82) is 5.26 Å². The zero-order chi connectivity index (χ0) is 20.9. The van der Waals surface area contributed by atoms with Crippen molar-refractivity contribution in [2.24, 2.45) is 5.73 Å². The highest BCUT2D eigenvalue weighted by Gasteiger charge is 2.15. The fraction of sp³-hybridized carbons (Fsp3) is 0.136. The lowest BCUT2D eigenvalue weighted by molar-refractivity contribution is 0.480. The smallest absolute Gasteiger partial charge is 0.168 e. The number of benzene rings is 1. The molecule has 0 aliphatic rings. The highest BCUT2D eigenvalue weighted by atomic mass is 16.5. The van der Waals surface area contributed by atoms with Crippen LogP contribution in [-0.4, -0.2) is 31.3 Å². The minimum Gasteiger partial charge on any atom is -0.453 e. The molecule has 0 aliphatic heterocycles. The molecule has 148 valence electrons. The second kappa shape index (κ2) is 8.51. The van der Waals surface area contributed by atoms with Crippen molar-refractivity contribution in [3.63, 3.8) is 0 Å². The Bertz CT molecular complexity index is 1190. The van der Waals surface area contributed by atoms with Gasteiger partial charge in [-0.15, -0.1) is 0 Å². The predicted molar refractivity (Wildman–Crippen MR) is 111 cm³/mol. The van der Waals surface area contributed by atoms with Crippen LogP contribution < -0.4 is 10.5 Å². The molecule has 0 saturated heterocycles. The molecule has 8 heteroatoms. The first-order valence-corrected chi connectivity index (χ1v) is 9.39. The van der Waals surface area contributed by atoms with Crippen molar-refractivity contribution in [3.05, 3.63) is 78.0 Å².